The largest absolute Gasteiger partial charge is 0.325 e. The Morgan fingerprint density at radius 1 is 1.00 bits per heavy atom. The molecule has 134 valence electrons. The molecule has 0 spiro atoms. The van der Waals surface area contributed by atoms with Gasteiger partial charge in [0.2, 0.25) is 15.9 Å². The second-order valence-corrected chi connectivity index (χ2v) is 8.17. The van der Waals surface area contributed by atoms with Crippen molar-refractivity contribution < 1.29 is 13.2 Å². The Balaban J connectivity index is 1.91. The van der Waals surface area contributed by atoms with E-state index in [4.69, 9.17) is 11.6 Å². The summed E-state index contributed by atoms with van der Waals surface area (Å²) in [7, 11) is -3.65. The molecule has 1 amide bonds. The van der Waals surface area contributed by atoms with E-state index in [1.165, 1.54) is 0 Å². The van der Waals surface area contributed by atoms with Gasteiger partial charge < -0.3 is 5.32 Å². The maximum Gasteiger partial charge on any atom is 0.245 e. The SMILES string of the molecule is CS(=O)(=O)N(CC(=O)Nc1ccc(Cl)cc1)c1cccc2ccccc12. The number of rotatable bonds is 5. The molecule has 0 saturated heterocycles. The molecule has 0 aromatic heterocycles. The molecule has 0 saturated carbocycles. The number of hydrogen-bond acceptors (Lipinski definition) is 3. The van der Waals surface area contributed by atoms with Crippen molar-refractivity contribution in [3.63, 3.8) is 0 Å². The zero-order valence-electron chi connectivity index (χ0n) is 14.0. The molecule has 0 bridgehead atoms. The second kappa shape index (κ2) is 7.35. The lowest BCUT2D eigenvalue weighted by molar-refractivity contribution is -0.114. The number of halogens is 1. The summed E-state index contributed by atoms with van der Waals surface area (Å²) in [6.07, 6.45) is 1.09. The monoisotopic (exact) mass is 388 g/mol. The van der Waals surface area contributed by atoms with Crippen molar-refractivity contribution in [2.24, 2.45) is 0 Å². The lowest BCUT2D eigenvalue weighted by atomic mass is 10.1. The lowest BCUT2D eigenvalue weighted by Crippen LogP contribution is -2.37. The van der Waals surface area contributed by atoms with Crippen LogP contribution in [-0.4, -0.2) is 27.1 Å². The summed E-state index contributed by atoms with van der Waals surface area (Å²) in [5.41, 5.74) is 1.02. The zero-order valence-corrected chi connectivity index (χ0v) is 15.6. The zero-order chi connectivity index (χ0) is 18.7. The molecule has 0 aliphatic rings. The fourth-order valence-corrected chi connectivity index (χ4v) is 3.67. The quantitative estimate of drug-likeness (QED) is 0.720. The highest BCUT2D eigenvalue weighted by atomic mass is 35.5. The summed E-state index contributed by atoms with van der Waals surface area (Å²) >= 11 is 5.83. The lowest BCUT2D eigenvalue weighted by Gasteiger charge is -2.23. The van der Waals surface area contributed by atoms with Gasteiger partial charge in [0.1, 0.15) is 6.54 Å². The summed E-state index contributed by atoms with van der Waals surface area (Å²) in [5, 5.41) is 4.90. The van der Waals surface area contributed by atoms with Gasteiger partial charge in [-0.1, -0.05) is 48.0 Å². The van der Waals surface area contributed by atoms with E-state index in [0.29, 0.717) is 16.4 Å². The molecule has 0 aliphatic heterocycles. The second-order valence-electron chi connectivity index (χ2n) is 5.82. The highest BCUT2D eigenvalue weighted by Crippen LogP contribution is 2.28. The Labute approximate surface area is 157 Å². The van der Waals surface area contributed by atoms with Crippen LogP contribution in [0.15, 0.2) is 66.7 Å². The molecular formula is C19H17ClN2O3S. The third-order valence-electron chi connectivity index (χ3n) is 3.85. The summed E-state index contributed by atoms with van der Waals surface area (Å²) in [6, 6.07) is 19.4. The Kier molecular flexibility index (Phi) is 5.15. The van der Waals surface area contributed by atoms with Gasteiger partial charge in [0.25, 0.3) is 0 Å². The highest BCUT2D eigenvalue weighted by Gasteiger charge is 2.22. The van der Waals surface area contributed by atoms with Crippen LogP contribution in [0.5, 0.6) is 0 Å². The average molecular weight is 389 g/mol. The number of benzene rings is 3. The minimum Gasteiger partial charge on any atom is -0.325 e. The van der Waals surface area contributed by atoms with Crippen LogP contribution in [0, 0.1) is 0 Å². The van der Waals surface area contributed by atoms with Gasteiger partial charge in [-0.2, -0.15) is 0 Å². The summed E-state index contributed by atoms with van der Waals surface area (Å²) < 4.78 is 25.8. The topological polar surface area (TPSA) is 66.5 Å². The van der Waals surface area contributed by atoms with Crippen molar-refractivity contribution in [3.8, 4) is 0 Å². The Morgan fingerprint density at radius 2 is 1.65 bits per heavy atom. The minimum absolute atomic E-state index is 0.324. The number of anilines is 2. The smallest absolute Gasteiger partial charge is 0.245 e. The first-order chi connectivity index (χ1) is 12.3. The molecule has 26 heavy (non-hydrogen) atoms. The third kappa shape index (κ3) is 4.15. The van der Waals surface area contributed by atoms with Crippen LogP contribution in [0.1, 0.15) is 0 Å². The van der Waals surface area contributed by atoms with Crippen LogP contribution < -0.4 is 9.62 Å². The average Bonchev–Trinajstić information content (AvgIpc) is 2.60. The van der Waals surface area contributed by atoms with Gasteiger partial charge in [-0.05, 0) is 35.7 Å². The van der Waals surface area contributed by atoms with Crippen LogP contribution in [-0.2, 0) is 14.8 Å². The Bertz CT molecular complexity index is 1040. The molecule has 3 rings (SSSR count). The molecule has 7 heteroatoms. The van der Waals surface area contributed by atoms with Gasteiger partial charge in [0.05, 0.1) is 11.9 Å². The van der Waals surface area contributed by atoms with Crippen LogP contribution in [0.25, 0.3) is 10.8 Å². The van der Waals surface area contributed by atoms with Gasteiger partial charge >= 0.3 is 0 Å². The molecule has 0 fully saturated rings. The fraction of sp³-hybridized carbons (Fsp3) is 0.105. The predicted molar refractivity (Wildman–Crippen MR) is 106 cm³/mol. The molecule has 1 N–H and O–H groups in total. The number of nitrogens with one attached hydrogen (secondary N) is 1. The number of carbonyl (C=O) groups excluding carboxylic acids is 1. The molecule has 0 unspecified atom stereocenters. The number of fused-ring (bicyclic) bond motifs is 1. The Hall–Kier alpha value is -2.57. The summed E-state index contributed by atoms with van der Waals surface area (Å²) in [6.45, 7) is -0.324. The number of nitrogens with zero attached hydrogens (tertiary/aromatic N) is 1. The summed E-state index contributed by atoms with van der Waals surface area (Å²) in [5.74, 6) is -0.439. The first-order valence-electron chi connectivity index (χ1n) is 7.85. The van der Waals surface area contributed by atoms with E-state index in [1.54, 1.807) is 36.4 Å². The number of carbonyl (C=O) groups is 1. The van der Waals surface area contributed by atoms with E-state index in [9.17, 15) is 13.2 Å². The predicted octanol–water partition coefficient (Wildman–Crippen LogP) is 3.90. The maximum atomic E-state index is 12.4. The molecule has 3 aromatic rings. The van der Waals surface area contributed by atoms with E-state index in [-0.39, 0.29) is 6.54 Å². The van der Waals surface area contributed by atoms with Crippen molar-refractivity contribution in [1.82, 2.24) is 0 Å². The van der Waals surface area contributed by atoms with E-state index >= 15 is 0 Å². The van der Waals surface area contributed by atoms with Crippen molar-refractivity contribution >= 4 is 49.7 Å². The molecule has 0 heterocycles. The van der Waals surface area contributed by atoms with Gasteiger partial charge in [-0.3, -0.25) is 9.10 Å². The molecule has 0 aliphatic carbocycles. The van der Waals surface area contributed by atoms with Gasteiger partial charge in [-0.15, -0.1) is 0 Å². The van der Waals surface area contributed by atoms with E-state index in [0.717, 1.165) is 21.3 Å². The van der Waals surface area contributed by atoms with Crippen LogP contribution in [0.3, 0.4) is 0 Å². The first kappa shape index (κ1) is 18.2. The minimum atomic E-state index is -3.65. The van der Waals surface area contributed by atoms with E-state index in [2.05, 4.69) is 5.32 Å². The van der Waals surface area contributed by atoms with Crippen LogP contribution in [0.4, 0.5) is 11.4 Å². The molecular weight excluding hydrogens is 372 g/mol. The van der Waals surface area contributed by atoms with Crippen molar-refractivity contribution in [1.29, 1.82) is 0 Å². The number of sulfonamides is 1. The standard InChI is InChI=1S/C19H17ClN2O3S/c1-26(24,25)22(13-19(23)21-16-11-9-15(20)10-12-16)18-8-4-6-14-5-2-3-7-17(14)18/h2-12H,13H2,1H3,(H,21,23). The van der Waals surface area contributed by atoms with Crippen molar-refractivity contribution in [2.45, 2.75) is 0 Å². The maximum absolute atomic E-state index is 12.4. The summed E-state index contributed by atoms with van der Waals surface area (Å²) in [4.78, 5) is 12.4. The van der Waals surface area contributed by atoms with Crippen molar-refractivity contribution in [2.75, 3.05) is 22.4 Å². The van der Waals surface area contributed by atoms with E-state index in [1.807, 2.05) is 30.3 Å². The van der Waals surface area contributed by atoms with Gasteiger partial charge in [0, 0.05) is 16.1 Å². The molecule has 0 radical (unpaired) electrons. The van der Waals surface area contributed by atoms with Crippen LogP contribution in [0.2, 0.25) is 5.02 Å². The first-order valence-corrected chi connectivity index (χ1v) is 10.1. The van der Waals surface area contributed by atoms with E-state index < -0.39 is 15.9 Å². The Morgan fingerprint density at radius 3 is 2.35 bits per heavy atom. The highest BCUT2D eigenvalue weighted by molar-refractivity contribution is 7.92. The number of amides is 1. The third-order valence-corrected chi connectivity index (χ3v) is 5.23. The van der Waals surface area contributed by atoms with Gasteiger partial charge in [0.15, 0.2) is 0 Å². The van der Waals surface area contributed by atoms with Gasteiger partial charge in [-0.25, -0.2) is 8.42 Å². The molecule has 3 aromatic carbocycles. The normalized spacial score (nSPS) is 11.3. The molecule has 0 atom stereocenters. The van der Waals surface area contributed by atoms with Crippen molar-refractivity contribution in [3.05, 3.63) is 71.8 Å². The number of hydrogen-bond donors (Lipinski definition) is 1. The van der Waals surface area contributed by atoms with Crippen LogP contribution >= 0.6 is 11.6 Å². The fourth-order valence-electron chi connectivity index (χ4n) is 2.67. The molecule has 5 nitrogen and oxygen atoms in total.